The van der Waals surface area contributed by atoms with E-state index in [2.05, 4.69) is 24.0 Å². The summed E-state index contributed by atoms with van der Waals surface area (Å²) < 4.78 is 5.30. The highest BCUT2D eigenvalue weighted by Crippen LogP contribution is 2.24. The molecule has 0 spiro atoms. The number of carbonyl (C=O) groups excluding carboxylic acids is 1. The Bertz CT molecular complexity index is 569. The molecule has 0 aliphatic carbocycles. The molecule has 0 fully saturated rings. The summed E-state index contributed by atoms with van der Waals surface area (Å²) >= 11 is 0. The van der Waals surface area contributed by atoms with Gasteiger partial charge in [-0.3, -0.25) is 4.90 Å². The third-order valence-electron chi connectivity index (χ3n) is 3.62. The van der Waals surface area contributed by atoms with Gasteiger partial charge in [-0.2, -0.15) is 0 Å². The topological polar surface area (TPSA) is 29.5 Å². The lowest BCUT2D eigenvalue weighted by Gasteiger charge is -2.29. The van der Waals surface area contributed by atoms with Crippen LogP contribution in [0.2, 0.25) is 0 Å². The molecular formula is C19H23NO2. The smallest absolute Gasteiger partial charge is 0.328 e. The maximum Gasteiger partial charge on any atom is 0.328 e. The second kappa shape index (κ2) is 8.35. The molecule has 22 heavy (non-hydrogen) atoms. The fraction of sp³-hybridized carbons (Fsp3) is 0.316. The van der Waals surface area contributed by atoms with Crippen LogP contribution in [0.15, 0.2) is 60.7 Å². The number of rotatable bonds is 7. The number of hydrogen-bond acceptors (Lipinski definition) is 3. The molecule has 0 aromatic heterocycles. The second-order valence-electron chi connectivity index (χ2n) is 5.11. The predicted octanol–water partition coefficient (Wildman–Crippen LogP) is 3.81. The van der Waals surface area contributed by atoms with Crippen LogP contribution in [0.3, 0.4) is 0 Å². The number of esters is 1. The van der Waals surface area contributed by atoms with Crippen molar-refractivity contribution >= 4 is 5.97 Å². The summed E-state index contributed by atoms with van der Waals surface area (Å²) in [7, 11) is 0. The first-order valence-corrected chi connectivity index (χ1v) is 7.75. The highest BCUT2D eigenvalue weighted by Gasteiger charge is 2.27. The van der Waals surface area contributed by atoms with Gasteiger partial charge in [-0.25, -0.2) is 4.79 Å². The normalized spacial score (nSPS) is 12.1. The molecule has 3 nitrogen and oxygen atoms in total. The van der Waals surface area contributed by atoms with Crippen LogP contribution in [0.4, 0.5) is 0 Å². The van der Waals surface area contributed by atoms with Crippen LogP contribution >= 0.6 is 0 Å². The van der Waals surface area contributed by atoms with Crippen molar-refractivity contribution in [3.63, 3.8) is 0 Å². The van der Waals surface area contributed by atoms with Crippen molar-refractivity contribution in [2.24, 2.45) is 0 Å². The molecule has 0 heterocycles. The third-order valence-corrected chi connectivity index (χ3v) is 3.62. The van der Waals surface area contributed by atoms with Crippen LogP contribution in [0.5, 0.6) is 0 Å². The molecule has 3 heteroatoms. The lowest BCUT2D eigenvalue weighted by Crippen LogP contribution is -2.34. The van der Waals surface area contributed by atoms with Crippen molar-refractivity contribution in [2.45, 2.75) is 26.4 Å². The molecule has 1 atom stereocenters. The zero-order valence-electron chi connectivity index (χ0n) is 13.2. The van der Waals surface area contributed by atoms with Crippen LogP contribution in [0.1, 0.15) is 31.0 Å². The summed E-state index contributed by atoms with van der Waals surface area (Å²) in [5.41, 5.74) is 2.16. The molecule has 0 radical (unpaired) electrons. The van der Waals surface area contributed by atoms with Crippen LogP contribution in [-0.2, 0) is 16.1 Å². The summed E-state index contributed by atoms with van der Waals surface area (Å²) in [4.78, 5) is 14.6. The minimum Gasteiger partial charge on any atom is -0.465 e. The molecule has 2 rings (SSSR count). The van der Waals surface area contributed by atoms with E-state index in [1.165, 1.54) is 5.56 Å². The molecule has 2 aromatic carbocycles. The Morgan fingerprint density at radius 1 is 1.00 bits per heavy atom. The van der Waals surface area contributed by atoms with E-state index in [1.807, 2.05) is 55.5 Å². The molecule has 0 saturated carbocycles. The van der Waals surface area contributed by atoms with E-state index in [-0.39, 0.29) is 12.0 Å². The van der Waals surface area contributed by atoms with Gasteiger partial charge in [0.25, 0.3) is 0 Å². The van der Waals surface area contributed by atoms with E-state index >= 15 is 0 Å². The highest BCUT2D eigenvalue weighted by molar-refractivity contribution is 5.77. The molecule has 0 saturated heterocycles. The van der Waals surface area contributed by atoms with Gasteiger partial charge in [0.05, 0.1) is 6.61 Å². The molecule has 0 N–H and O–H groups in total. The summed E-state index contributed by atoms with van der Waals surface area (Å²) in [6.07, 6.45) is 0. The number of likely N-dealkylation sites (N-methyl/N-ethyl adjacent to an activating group) is 1. The average Bonchev–Trinajstić information content (AvgIpc) is 2.56. The Kier molecular flexibility index (Phi) is 6.16. The van der Waals surface area contributed by atoms with Crippen molar-refractivity contribution in [1.29, 1.82) is 0 Å². The van der Waals surface area contributed by atoms with Crippen molar-refractivity contribution in [1.82, 2.24) is 4.90 Å². The van der Waals surface area contributed by atoms with E-state index in [1.54, 1.807) is 0 Å². The molecule has 0 aliphatic rings. The Morgan fingerprint density at radius 2 is 1.59 bits per heavy atom. The Morgan fingerprint density at radius 3 is 2.14 bits per heavy atom. The predicted molar refractivity (Wildman–Crippen MR) is 88.3 cm³/mol. The monoisotopic (exact) mass is 297 g/mol. The van der Waals surface area contributed by atoms with Gasteiger partial charge in [0.1, 0.15) is 6.04 Å². The first-order valence-electron chi connectivity index (χ1n) is 7.75. The van der Waals surface area contributed by atoms with Crippen molar-refractivity contribution in [3.8, 4) is 0 Å². The summed E-state index contributed by atoms with van der Waals surface area (Å²) in [5.74, 6) is -0.188. The fourth-order valence-electron chi connectivity index (χ4n) is 2.56. The minimum atomic E-state index is -0.369. The van der Waals surface area contributed by atoms with E-state index in [4.69, 9.17) is 4.74 Å². The minimum absolute atomic E-state index is 0.188. The van der Waals surface area contributed by atoms with E-state index in [0.29, 0.717) is 6.61 Å². The first kappa shape index (κ1) is 16.2. The number of benzene rings is 2. The molecule has 0 amide bonds. The molecular weight excluding hydrogens is 274 g/mol. The van der Waals surface area contributed by atoms with Gasteiger partial charge in [-0.05, 0) is 24.6 Å². The Balaban J connectivity index is 2.27. The van der Waals surface area contributed by atoms with Crippen LogP contribution in [0, 0.1) is 0 Å². The average molecular weight is 297 g/mol. The summed E-state index contributed by atoms with van der Waals surface area (Å²) in [6.45, 7) is 5.79. The van der Waals surface area contributed by atoms with Crippen LogP contribution < -0.4 is 0 Å². The molecule has 0 bridgehead atoms. The lowest BCUT2D eigenvalue weighted by atomic mass is 10.0. The first-order chi connectivity index (χ1) is 10.8. The van der Waals surface area contributed by atoms with Crippen LogP contribution in [0.25, 0.3) is 0 Å². The van der Waals surface area contributed by atoms with Gasteiger partial charge >= 0.3 is 5.97 Å². The Labute approximate surface area is 132 Å². The van der Waals surface area contributed by atoms with Crippen molar-refractivity contribution in [2.75, 3.05) is 13.2 Å². The van der Waals surface area contributed by atoms with Gasteiger partial charge in [0.2, 0.25) is 0 Å². The quantitative estimate of drug-likeness (QED) is 0.728. The van der Waals surface area contributed by atoms with E-state index in [9.17, 15) is 4.79 Å². The van der Waals surface area contributed by atoms with E-state index < -0.39 is 0 Å². The number of nitrogens with zero attached hydrogens (tertiary/aromatic N) is 1. The zero-order valence-corrected chi connectivity index (χ0v) is 13.2. The van der Waals surface area contributed by atoms with Gasteiger partial charge in [0.15, 0.2) is 0 Å². The van der Waals surface area contributed by atoms with Crippen molar-refractivity contribution in [3.05, 3.63) is 71.8 Å². The van der Waals surface area contributed by atoms with Crippen molar-refractivity contribution < 1.29 is 9.53 Å². The van der Waals surface area contributed by atoms with Crippen LogP contribution in [-0.4, -0.2) is 24.0 Å². The Hall–Kier alpha value is -2.13. The summed E-state index contributed by atoms with van der Waals surface area (Å²) in [5, 5.41) is 0. The van der Waals surface area contributed by atoms with Gasteiger partial charge in [0, 0.05) is 6.54 Å². The maximum absolute atomic E-state index is 12.5. The van der Waals surface area contributed by atoms with Gasteiger partial charge in [-0.15, -0.1) is 0 Å². The number of hydrogen-bond donors (Lipinski definition) is 0. The molecule has 0 aliphatic heterocycles. The molecule has 1 unspecified atom stereocenters. The number of carbonyl (C=O) groups is 1. The highest BCUT2D eigenvalue weighted by atomic mass is 16.5. The molecule has 116 valence electrons. The largest absolute Gasteiger partial charge is 0.465 e. The number of ether oxygens (including phenoxy) is 1. The maximum atomic E-state index is 12.5. The van der Waals surface area contributed by atoms with E-state index in [0.717, 1.165) is 18.7 Å². The zero-order chi connectivity index (χ0) is 15.8. The fourth-order valence-corrected chi connectivity index (χ4v) is 2.56. The third kappa shape index (κ3) is 4.18. The lowest BCUT2D eigenvalue weighted by molar-refractivity contribution is -0.150. The van der Waals surface area contributed by atoms with Gasteiger partial charge in [-0.1, -0.05) is 67.6 Å². The van der Waals surface area contributed by atoms with Gasteiger partial charge < -0.3 is 4.74 Å². The second-order valence-corrected chi connectivity index (χ2v) is 5.11. The SMILES string of the molecule is CCOC(=O)C(c1ccccc1)N(CC)Cc1ccccc1. The standard InChI is InChI=1S/C19H23NO2/c1-3-20(15-16-11-7-5-8-12-16)18(19(21)22-4-2)17-13-9-6-10-14-17/h5-14,18H,3-4,15H2,1-2H3. The molecule has 2 aromatic rings. The summed E-state index contributed by atoms with van der Waals surface area (Å²) in [6, 6.07) is 19.7.